The highest BCUT2D eigenvalue weighted by Gasteiger charge is 2.33. The Morgan fingerprint density at radius 3 is 2.27 bits per heavy atom. The molecule has 0 aliphatic rings. The quantitative estimate of drug-likeness (QED) is 0.276. The monoisotopic (exact) mass is 454 g/mol. The fourth-order valence-corrected chi connectivity index (χ4v) is 3.99. The molecule has 1 N–H and O–H groups in total. The lowest BCUT2D eigenvalue weighted by molar-refractivity contribution is -0.137. The maximum Gasteiger partial charge on any atom is 0.417 e. The second-order valence-corrected chi connectivity index (χ2v) is 8.45. The molecule has 33 heavy (non-hydrogen) atoms. The van der Waals surface area contributed by atoms with Gasteiger partial charge in [-0.25, -0.2) is 0 Å². The van der Waals surface area contributed by atoms with Gasteiger partial charge in [0.05, 0.1) is 11.1 Å². The lowest BCUT2D eigenvalue weighted by Gasteiger charge is -2.14. The van der Waals surface area contributed by atoms with Crippen LogP contribution in [0.1, 0.15) is 75.0 Å². The third-order valence-corrected chi connectivity index (χ3v) is 5.84. The van der Waals surface area contributed by atoms with E-state index in [2.05, 4.69) is 17.2 Å². The predicted molar refractivity (Wildman–Crippen MR) is 133 cm³/mol. The summed E-state index contributed by atoms with van der Waals surface area (Å²) in [5, 5.41) is 4.07. The van der Waals surface area contributed by atoms with Gasteiger partial charge in [0.1, 0.15) is 0 Å². The topological polar surface area (TPSA) is 24.9 Å². The molecule has 0 saturated heterocycles. The molecule has 176 valence electrons. The number of para-hydroxylation sites is 1. The Labute approximate surface area is 194 Å². The van der Waals surface area contributed by atoms with Crippen molar-refractivity contribution in [2.24, 2.45) is 0 Å². The maximum atomic E-state index is 13.8. The molecular formula is C28H33F3N2. The largest absolute Gasteiger partial charge is 0.417 e. The van der Waals surface area contributed by atoms with Crippen molar-refractivity contribution in [2.75, 3.05) is 11.9 Å². The van der Waals surface area contributed by atoms with Crippen molar-refractivity contribution in [2.45, 2.75) is 64.5 Å². The highest BCUT2D eigenvalue weighted by molar-refractivity contribution is 5.90. The van der Waals surface area contributed by atoms with Crippen LogP contribution in [0, 0.1) is 0 Å². The Morgan fingerprint density at radius 1 is 0.818 bits per heavy atom. The first-order valence-corrected chi connectivity index (χ1v) is 12.0. The molecule has 1 aromatic heterocycles. The number of alkyl halides is 3. The summed E-state index contributed by atoms with van der Waals surface area (Å²) >= 11 is 0. The van der Waals surface area contributed by atoms with E-state index in [0.717, 1.165) is 29.3 Å². The second kappa shape index (κ2) is 12.4. The molecule has 3 aromatic rings. The Bertz CT molecular complexity index is 1040. The molecule has 1 heterocycles. The van der Waals surface area contributed by atoms with E-state index >= 15 is 0 Å². The summed E-state index contributed by atoms with van der Waals surface area (Å²) in [4.78, 5) is 4.31. The Morgan fingerprint density at radius 2 is 1.52 bits per heavy atom. The normalized spacial score (nSPS) is 12.0. The van der Waals surface area contributed by atoms with Crippen LogP contribution in [0.2, 0.25) is 0 Å². The zero-order valence-electron chi connectivity index (χ0n) is 19.3. The lowest BCUT2D eigenvalue weighted by atomic mass is 10.0. The zero-order valence-corrected chi connectivity index (χ0v) is 19.3. The number of pyridine rings is 1. The molecule has 0 saturated carbocycles. The fraction of sp³-hybridized carbons (Fsp3) is 0.393. The molecule has 0 radical (unpaired) electrons. The van der Waals surface area contributed by atoms with Crippen LogP contribution in [-0.4, -0.2) is 11.5 Å². The van der Waals surface area contributed by atoms with Gasteiger partial charge in [-0.3, -0.25) is 4.98 Å². The minimum absolute atomic E-state index is 0.154. The van der Waals surface area contributed by atoms with Gasteiger partial charge in [0.2, 0.25) is 0 Å². The molecule has 0 unspecified atom stereocenters. The van der Waals surface area contributed by atoms with E-state index in [1.165, 1.54) is 50.7 Å². The van der Waals surface area contributed by atoms with Gasteiger partial charge in [0, 0.05) is 23.8 Å². The van der Waals surface area contributed by atoms with Gasteiger partial charge < -0.3 is 5.32 Å². The molecule has 0 bridgehead atoms. The smallest absolute Gasteiger partial charge is 0.385 e. The van der Waals surface area contributed by atoms with Crippen LogP contribution in [0.5, 0.6) is 0 Å². The van der Waals surface area contributed by atoms with E-state index in [4.69, 9.17) is 0 Å². The van der Waals surface area contributed by atoms with E-state index in [9.17, 15) is 13.2 Å². The SMILES string of the molecule is CCCCCCCCCCNc1ccc(/C=C/c2ccnc3ccccc23)c(C(F)(F)F)c1. The first-order chi connectivity index (χ1) is 16.0. The van der Waals surface area contributed by atoms with Crippen LogP contribution in [0.15, 0.2) is 54.7 Å². The van der Waals surface area contributed by atoms with Crippen LogP contribution in [-0.2, 0) is 6.18 Å². The van der Waals surface area contributed by atoms with Crippen molar-refractivity contribution in [3.63, 3.8) is 0 Å². The van der Waals surface area contributed by atoms with E-state index < -0.39 is 11.7 Å². The first-order valence-electron chi connectivity index (χ1n) is 12.0. The van der Waals surface area contributed by atoms with Crippen molar-refractivity contribution in [1.82, 2.24) is 4.98 Å². The standard InChI is InChI=1S/C28H33F3N2/c1-2-3-4-5-6-7-8-11-19-32-24-17-16-23(26(21-24)28(29,30)31)15-14-22-18-20-33-27-13-10-9-12-25(22)27/h9-10,12-18,20-21,32H,2-8,11,19H2,1H3/b15-14+. The average Bonchev–Trinajstić information content (AvgIpc) is 2.81. The van der Waals surface area contributed by atoms with Gasteiger partial charge >= 0.3 is 6.18 Å². The Hall–Kier alpha value is -2.82. The summed E-state index contributed by atoms with van der Waals surface area (Å²) in [5.41, 5.74) is 1.69. The first kappa shape index (κ1) is 24.8. The number of nitrogens with zero attached hydrogens (tertiary/aromatic N) is 1. The fourth-order valence-electron chi connectivity index (χ4n) is 3.99. The molecule has 0 atom stereocenters. The van der Waals surface area contributed by atoms with Crippen LogP contribution >= 0.6 is 0 Å². The number of halogens is 3. The number of nitrogens with one attached hydrogen (secondary N) is 1. The Balaban J connectivity index is 1.62. The summed E-state index contributed by atoms with van der Waals surface area (Å²) in [6.45, 7) is 2.89. The third-order valence-electron chi connectivity index (χ3n) is 5.84. The van der Waals surface area contributed by atoms with Gasteiger partial charge in [-0.1, -0.05) is 88.3 Å². The lowest BCUT2D eigenvalue weighted by Crippen LogP contribution is -2.09. The number of hydrogen-bond donors (Lipinski definition) is 1. The van der Waals surface area contributed by atoms with Gasteiger partial charge in [-0.15, -0.1) is 0 Å². The molecule has 0 aliphatic heterocycles. The van der Waals surface area contributed by atoms with E-state index in [1.807, 2.05) is 30.3 Å². The number of rotatable bonds is 12. The number of fused-ring (bicyclic) bond motifs is 1. The molecule has 0 fully saturated rings. The van der Waals surface area contributed by atoms with Crippen LogP contribution < -0.4 is 5.32 Å². The summed E-state index contributed by atoms with van der Waals surface area (Å²) in [6.07, 6.45) is 10.1. The second-order valence-electron chi connectivity index (χ2n) is 8.45. The van der Waals surface area contributed by atoms with E-state index in [0.29, 0.717) is 12.2 Å². The van der Waals surface area contributed by atoms with Gasteiger partial charge in [0.15, 0.2) is 0 Å². The molecule has 2 nitrogen and oxygen atoms in total. The molecule has 3 rings (SSSR count). The molecule has 0 aliphatic carbocycles. The van der Waals surface area contributed by atoms with Crippen molar-refractivity contribution in [1.29, 1.82) is 0 Å². The number of aromatic nitrogens is 1. The number of benzene rings is 2. The summed E-state index contributed by atoms with van der Waals surface area (Å²) < 4.78 is 41.3. The van der Waals surface area contributed by atoms with Crippen molar-refractivity contribution < 1.29 is 13.2 Å². The van der Waals surface area contributed by atoms with E-state index in [-0.39, 0.29) is 5.56 Å². The average molecular weight is 455 g/mol. The predicted octanol–water partition coefficient (Wildman–Crippen LogP) is 8.98. The van der Waals surface area contributed by atoms with Crippen molar-refractivity contribution in [3.05, 3.63) is 71.4 Å². The molecule has 5 heteroatoms. The van der Waals surface area contributed by atoms with E-state index in [1.54, 1.807) is 24.4 Å². The van der Waals surface area contributed by atoms with Crippen molar-refractivity contribution in [3.8, 4) is 0 Å². The van der Waals surface area contributed by atoms with Crippen molar-refractivity contribution >= 4 is 28.7 Å². The minimum Gasteiger partial charge on any atom is -0.385 e. The third kappa shape index (κ3) is 7.62. The molecular weight excluding hydrogens is 421 g/mol. The summed E-state index contributed by atoms with van der Waals surface area (Å²) in [6, 6.07) is 13.9. The molecule has 2 aromatic carbocycles. The summed E-state index contributed by atoms with van der Waals surface area (Å²) in [7, 11) is 0. The molecule has 0 spiro atoms. The molecule has 0 amide bonds. The Kier molecular flexibility index (Phi) is 9.35. The maximum absolute atomic E-state index is 13.8. The highest BCUT2D eigenvalue weighted by Crippen LogP contribution is 2.35. The number of hydrogen-bond acceptors (Lipinski definition) is 2. The van der Waals surface area contributed by atoms with Crippen LogP contribution in [0.3, 0.4) is 0 Å². The van der Waals surface area contributed by atoms with Gasteiger partial charge in [-0.2, -0.15) is 13.2 Å². The van der Waals surface area contributed by atoms with Gasteiger partial charge in [-0.05, 0) is 41.8 Å². The highest BCUT2D eigenvalue weighted by atomic mass is 19.4. The minimum atomic E-state index is -4.42. The van der Waals surface area contributed by atoms with Crippen LogP contribution in [0.25, 0.3) is 23.1 Å². The number of unbranched alkanes of at least 4 members (excludes halogenated alkanes) is 7. The van der Waals surface area contributed by atoms with Gasteiger partial charge in [0.25, 0.3) is 0 Å². The summed E-state index contributed by atoms with van der Waals surface area (Å²) in [5.74, 6) is 0. The zero-order chi connectivity index (χ0) is 23.5. The number of anilines is 1. The van der Waals surface area contributed by atoms with Crippen LogP contribution in [0.4, 0.5) is 18.9 Å².